The van der Waals surface area contributed by atoms with Crippen molar-refractivity contribution >= 4 is 29.0 Å². The third-order valence-electron chi connectivity index (χ3n) is 5.29. The van der Waals surface area contributed by atoms with E-state index in [0.29, 0.717) is 30.0 Å². The molecule has 0 saturated heterocycles. The molecule has 4 aromatic rings. The summed E-state index contributed by atoms with van der Waals surface area (Å²) in [6, 6.07) is 14.7. The van der Waals surface area contributed by atoms with Crippen molar-refractivity contribution in [3.63, 3.8) is 0 Å². The van der Waals surface area contributed by atoms with Crippen molar-refractivity contribution in [1.29, 1.82) is 0 Å². The van der Waals surface area contributed by atoms with Gasteiger partial charge in [-0.25, -0.2) is 14.6 Å². The molecule has 0 saturated carbocycles. The lowest BCUT2D eigenvalue weighted by Crippen LogP contribution is -2.37. The number of nitrogens with zero attached hydrogens (tertiary/aromatic N) is 5. The molecule has 4 rings (SSSR count). The second-order valence-electron chi connectivity index (χ2n) is 8.70. The van der Waals surface area contributed by atoms with Crippen LogP contribution in [0, 0.1) is 0 Å². The number of rotatable bonds is 9. The standard InChI is InChI=1S/C25H28N8O2/c1-25(2,26)12-13-27-24(34)18-6-4-17(5-7-18)14-30-32-22-21-15-31-33(23(21)29-16-28-22)19-8-10-20(35-3)11-9-19/h4-11,14-16H,12-13,26H2,1-3H3,(H,27,34)(H,28,29,32)/b30-14+. The third-order valence-corrected chi connectivity index (χ3v) is 5.29. The number of methoxy groups -OCH3 is 1. The van der Waals surface area contributed by atoms with Crippen molar-refractivity contribution in [3.05, 3.63) is 72.2 Å². The largest absolute Gasteiger partial charge is 0.497 e. The maximum absolute atomic E-state index is 12.3. The zero-order chi connectivity index (χ0) is 24.8. The molecule has 0 aliphatic heterocycles. The van der Waals surface area contributed by atoms with E-state index >= 15 is 0 Å². The van der Waals surface area contributed by atoms with E-state index in [4.69, 9.17) is 10.5 Å². The molecule has 0 bridgehead atoms. The monoisotopic (exact) mass is 472 g/mol. The first-order valence-electron chi connectivity index (χ1n) is 11.1. The van der Waals surface area contributed by atoms with Gasteiger partial charge in [0, 0.05) is 17.6 Å². The van der Waals surface area contributed by atoms with E-state index in [0.717, 1.165) is 22.4 Å². The van der Waals surface area contributed by atoms with Crippen LogP contribution < -0.4 is 21.2 Å². The molecule has 10 heteroatoms. The number of aromatic nitrogens is 4. The van der Waals surface area contributed by atoms with Crippen LogP contribution in [-0.2, 0) is 0 Å². The Balaban J connectivity index is 1.41. The van der Waals surface area contributed by atoms with Gasteiger partial charge in [0.2, 0.25) is 0 Å². The summed E-state index contributed by atoms with van der Waals surface area (Å²) in [6.07, 6.45) is 5.50. The molecule has 0 spiro atoms. The van der Waals surface area contributed by atoms with Crippen molar-refractivity contribution in [2.75, 3.05) is 19.1 Å². The highest BCUT2D eigenvalue weighted by molar-refractivity contribution is 5.95. The normalized spacial score (nSPS) is 11.7. The Labute approximate surface area is 203 Å². The van der Waals surface area contributed by atoms with E-state index in [2.05, 4.69) is 30.9 Å². The molecule has 0 aliphatic rings. The first-order chi connectivity index (χ1) is 16.8. The van der Waals surface area contributed by atoms with Crippen molar-refractivity contribution in [3.8, 4) is 11.4 Å². The zero-order valence-electron chi connectivity index (χ0n) is 19.9. The highest BCUT2D eigenvalue weighted by Crippen LogP contribution is 2.22. The molecule has 10 nitrogen and oxygen atoms in total. The van der Waals surface area contributed by atoms with Gasteiger partial charge < -0.3 is 15.8 Å². The molecular formula is C25H28N8O2. The number of anilines is 1. The molecular weight excluding hydrogens is 444 g/mol. The number of hydrazone groups is 1. The van der Waals surface area contributed by atoms with Crippen LogP contribution in [0.25, 0.3) is 16.7 Å². The van der Waals surface area contributed by atoms with E-state index in [1.54, 1.807) is 36.3 Å². The fourth-order valence-electron chi connectivity index (χ4n) is 3.33. The van der Waals surface area contributed by atoms with Crippen molar-refractivity contribution in [2.24, 2.45) is 10.8 Å². The van der Waals surface area contributed by atoms with Crippen LogP contribution in [0.5, 0.6) is 5.75 Å². The Hall–Kier alpha value is -4.31. The molecule has 1 amide bonds. The summed E-state index contributed by atoms with van der Waals surface area (Å²) in [5.74, 6) is 1.17. The van der Waals surface area contributed by atoms with E-state index in [9.17, 15) is 4.79 Å². The predicted molar refractivity (Wildman–Crippen MR) is 136 cm³/mol. The van der Waals surface area contributed by atoms with Gasteiger partial charge in [0.1, 0.15) is 12.1 Å². The Morgan fingerprint density at radius 2 is 1.89 bits per heavy atom. The number of ether oxygens (including phenoxy) is 1. The van der Waals surface area contributed by atoms with E-state index in [-0.39, 0.29) is 11.4 Å². The van der Waals surface area contributed by atoms with Crippen LogP contribution in [0.1, 0.15) is 36.2 Å². The minimum atomic E-state index is -0.315. The number of benzene rings is 2. The van der Waals surface area contributed by atoms with Crippen molar-refractivity contribution in [2.45, 2.75) is 25.8 Å². The Bertz CT molecular complexity index is 1320. The first-order valence-corrected chi connectivity index (χ1v) is 11.1. The van der Waals surface area contributed by atoms with Gasteiger partial charge in [0.25, 0.3) is 5.91 Å². The highest BCUT2D eigenvalue weighted by Gasteiger charge is 2.12. The highest BCUT2D eigenvalue weighted by atomic mass is 16.5. The SMILES string of the molecule is COc1ccc(-n2ncc3c(N/N=C/c4ccc(C(=O)NCCC(C)(C)N)cc4)ncnc32)cc1. The minimum Gasteiger partial charge on any atom is -0.497 e. The van der Waals surface area contributed by atoms with Gasteiger partial charge in [-0.2, -0.15) is 10.2 Å². The van der Waals surface area contributed by atoms with Crippen LogP contribution in [0.2, 0.25) is 0 Å². The molecule has 0 atom stereocenters. The quantitative estimate of drug-likeness (QED) is 0.252. The first kappa shape index (κ1) is 23.8. The predicted octanol–water partition coefficient (Wildman–Crippen LogP) is 3.13. The summed E-state index contributed by atoms with van der Waals surface area (Å²) in [5.41, 5.74) is 11.5. The average Bonchev–Trinajstić information content (AvgIpc) is 3.29. The van der Waals surface area contributed by atoms with E-state index in [1.807, 2.05) is 50.2 Å². The van der Waals surface area contributed by atoms with Gasteiger partial charge in [-0.3, -0.25) is 10.2 Å². The summed E-state index contributed by atoms with van der Waals surface area (Å²) in [7, 11) is 1.63. The second-order valence-corrected chi connectivity index (χ2v) is 8.70. The molecule has 180 valence electrons. The number of fused-ring (bicyclic) bond motifs is 1. The third kappa shape index (κ3) is 5.98. The van der Waals surface area contributed by atoms with Crippen LogP contribution in [0.3, 0.4) is 0 Å². The zero-order valence-corrected chi connectivity index (χ0v) is 19.9. The topological polar surface area (TPSA) is 132 Å². The van der Waals surface area contributed by atoms with Gasteiger partial charge in [0.05, 0.1) is 30.6 Å². The molecule has 0 unspecified atom stereocenters. The molecule has 0 radical (unpaired) electrons. The van der Waals surface area contributed by atoms with Crippen LogP contribution >= 0.6 is 0 Å². The van der Waals surface area contributed by atoms with Crippen molar-refractivity contribution < 1.29 is 9.53 Å². The minimum absolute atomic E-state index is 0.131. The Kier molecular flexibility index (Phi) is 7.02. The average molecular weight is 473 g/mol. The Morgan fingerprint density at radius 1 is 1.14 bits per heavy atom. The summed E-state index contributed by atoms with van der Waals surface area (Å²) in [4.78, 5) is 20.9. The van der Waals surface area contributed by atoms with Crippen LogP contribution in [0.15, 0.2) is 66.2 Å². The molecule has 2 aromatic heterocycles. The number of nitrogens with one attached hydrogen (secondary N) is 2. The fourth-order valence-corrected chi connectivity index (χ4v) is 3.33. The lowest BCUT2D eigenvalue weighted by molar-refractivity contribution is 0.0951. The molecule has 0 aliphatic carbocycles. The number of hydrogen-bond acceptors (Lipinski definition) is 8. The summed E-state index contributed by atoms with van der Waals surface area (Å²) >= 11 is 0. The van der Waals surface area contributed by atoms with Gasteiger partial charge >= 0.3 is 0 Å². The van der Waals surface area contributed by atoms with Crippen LogP contribution in [-0.4, -0.2) is 51.1 Å². The second kappa shape index (κ2) is 10.3. The number of nitrogens with two attached hydrogens (primary N) is 1. The maximum atomic E-state index is 12.3. The van der Waals surface area contributed by atoms with E-state index in [1.165, 1.54) is 6.33 Å². The lowest BCUT2D eigenvalue weighted by atomic mass is 10.0. The Morgan fingerprint density at radius 3 is 2.57 bits per heavy atom. The molecule has 0 fully saturated rings. The van der Waals surface area contributed by atoms with E-state index < -0.39 is 0 Å². The summed E-state index contributed by atoms with van der Waals surface area (Å²) in [5, 5.41) is 12.3. The smallest absolute Gasteiger partial charge is 0.251 e. The van der Waals surface area contributed by atoms with Crippen molar-refractivity contribution in [1.82, 2.24) is 25.1 Å². The van der Waals surface area contributed by atoms with Gasteiger partial charge in [0.15, 0.2) is 11.5 Å². The lowest BCUT2D eigenvalue weighted by Gasteiger charge is -2.18. The van der Waals surface area contributed by atoms with Gasteiger partial charge in [-0.05, 0) is 62.2 Å². The van der Waals surface area contributed by atoms with Crippen LogP contribution in [0.4, 0.5) is 5.82 Å². The molecule has 35 heavy (non-hydrogen) atoms. The summed E-state index contributed by atoms with van der Waals surface area (Å²) in [6.45, 7) is 4.39. The maximum Gasteiger partial charge on any atom is 0.251 e. The number of hydrogen-bond donors (Lipinski definition) is 3. The molecule has 2 aromatic carbocycles. The number of carbonyl (C=O) groups excluding carboxylic acids is 1. The van der Waals surface area contributed by atoms with Gasteiger partial charge in [-0.1, -0.05) is 12.1 Å². The summed E-state index contributed by atoms with van der Waals surface area (Å²) < 4.78 is 6.94. The fraction of sp³-hybridized carbons (Fsp3) is 0.240. The molecule has 2 heterocycles. The number of carbonyl (C=O) groups is 1. The molecule has 4 N–H and O–H groups in total. The van der Waals surface area contributed by atoms with Gasteiger partial charge in [-0.15, -0.1) is 0 Å². The number of amides is 1.